The minimum atomic E-state index is -3.71. The molecular formula is C25H31N3O5S. The number of carbonyl (C=O) groups is 2. The Hall–Kier alpha value is -2.91. The molecule has 1 aliphatic heterocycles. The molecule has 2 aromatic carbocycles. The van der Waals surface area contributed by atoms with Crippen molar-refractivity contribution in [3.05, 3.63) is 53.6 Å². The van der Waals surface area contributed by atoms with Gasteiger partial charge in [0.15, 0.2) is 6.10 Å². The number of esters is 1. The molecule has 182 valence electrons. The third kappa shape index (κ3) is 5.95. The van der Waals surface area contributed by atoms with Crippen LogP contribution in [-0.2, 0) is 19.6 Å². The molecule has 1 saturated carbocycles. The van der Waals surface area contributed by atoms with E-state index in [-0.39, 0.29) is 16.5 Å². The molecule has 0 radical (unpaired) electrons. The highest BCUT2D eigenvalue weighted by molar-refractivity contribution is 7.89. The van der Waals surface area contributed by atoms with Gasteiger partial charge in [-0.25, -0.2) is 17.9 Å². The number of sulfonamides is 1. The largest absolute Gasteiger partial charge is 0.449 e. The lowest BCUT2D eigenvalue weighted by Gasteiger charge is -2.28. The second-order valence-corrected chi connectivity index (χ2v) is 10.7. The van der Waals surface area contributed by atoms with Crippen LogP contribution < -0.4 is 14.9 Å². The van der Waals surface area contributed by atoms with Crippen LogP contribution in [0.3, 0.4) is 0 Å². The fourth-order valence-corrected chi connectivity index (χ4v) is 5.24. The molecule has 1 heterocycles. The summed E-state index contributed by atoms with van der Waals surface area (Å²) in [6.07, 6.45) is 4.21. The summed E-state index contributed by atoms with van der Waals surface area (Å²) < 4.78 is 32.9. The molecule has 1 amide bonds. The third-order valence-corrected chi connectivity index (χ3v) is 7.67. The van der Waals surface area contributed by atoms with Crippen molar-refractivity contribution in [3.63, 3.8) is 0 Å². The molecule has 4 rings (SSSR count). The number of piperidine rings is 1. The second-order valence-electron chi connectivity index (χ2n) is 9.00. The Kier molecular flexibility index (Phi) is 7.23. The van der Waals surface area contributed by atoms with E-state index >= 15 is 0 Å². The zero-order chi connectivity index (χ0) is 24.3. The smallest absolute Gasteiger partial charge is 0.339 e. The standard InChI is InChI=1S/C25H31N3O5S/c1-17-6-13-22(34(31,32)27-20-7-8-20)16-23(17)25(30)33-18(2)24(29)26-19-9-11-21(12-10-19)28-14-4-3-5-15-28/h6,9-13,16,18,20,27H,3-5,7-8,14-15H2,1-2H3,(H,26,29). The highest BCUT2D eigenvalue weighted by Gasteiger charge is 2.29. The van der Waals surface area contributed by atoms with Gasteiger partial charge in [0.2, 0.25) is 10.0 Å². The van der Waals surface area contributed by atoms with E-state index in [0.717, 1.165) is 31.6 Å². The summed E-state index contributed by atoms with van der Waals surface area (Å²) in [5.41, 5.74) is 2.42. The van der Waals surface area contributed by atoms with Gasteiger partial charge in [-0.15, -0.1) is 0 Å². The molecule has 9 heteroatoms. The molecule has 0 aromatic heterocycles. The van der Waals surface area contributed by atoms with E-state index in [4.69, 9.17) is 4.74 Å². The molecule has 2 aromatic rings. The van der Waals surface area contributed by atoms with Crippen LogP contribution in [0.2, 0.25) is 0 Å². The number of nitrogens with zero attached hydrogens (tertiary/aromatic N) is 1. The molecule has 2 fully saturated rings. The zero-order valence-electron chi connectivity index (χ0n) is 19.5. The number of anilines is 2. The first-order chi connectivity index (χ1) is 16.2. The lowest BCUT2D eigenvalue weighted by atomic mass is 10.1. The number of nitrogens with one attached hydrogen (secondary N) is 2. The molecule has 1 unspecified atom stereocenters. The first kappa shape index (κ1) is 24.2. The van der Waals surface area contributed by atoms with Crippen molar-refractivity contribution in [3.8, 4) is 0 Å². The van der Waals surface area contributed by atoms with E-state index in [1.807, 2.05) is 24.3 Å². The molecule has 1 aliphatic carbocycles. The summed E-state index contributed by atoms with van der Waals surface area (Å²) >= 11 is 0. The molecule has 0 spiro atoms. The van der Waals surface area contributed by atoms with Gasteiger partial charge in [-0.1, -0.05) is 6.07 Å². The Bertz CT molecular complexity index is 1150. The highest BCUT2D eigenvalue weighted by Crippen LogP contribution is 2.24. The van der Waals surface area contributed by atoms with E-state index in [1.54, 1.807) is 13.0 Å². The number of ether oxygens (including phenoxy) is 1. The minimum absolute atomic E-state index is 0.00264. The van der Waals surface area contributed by atoms with Crippen molar-refractivity contribution in [1.29, 1.82) is 0 Å². The van der Waals surface area contributed by atoms with Gasteiger partial charge in [0.1, 0.15) is 0 Å². The summed E-state index contributed by atoms with van der Waals surface area (Å²) in [5, 5.41) is 2.77. The Morgan fingerprint density at radius 1 is 1.03 bits per heavy atom. The van der Waals surface area contributed by atoms with Crippen LogP contribution in [0.5, 0.6) is 0 Å². The molecule has 8 nitrogen and oxygen atoms in total. The lowest BCUT2D eigenvalue weighted by Crippen LogP contribution is -2.31. The average molecular weight is 486 g/mol. The van der Waals surface area contributed by atoms with Crippen LogP contribution >= 0.6 is 0 Å². The van der Waals surface area contributed by atoms with Crippen LogP contribution in [-0.4, -0.2) is 45.5 Å². The van der Waals surface area contributed by atoms with Crippen LogP contribution in [0.1, 0.15) is 54.9 Å². The summed E-state index contributed by atoms with van der Waals surface area (Å²) in [4.78, 5) is 27.7. The van der Waals surface area contributed by atoms with E-state index in [0.29, 0.717) is 11.3 Å². The normalized spacial score (nSPS) is 17.2. The first-order valence-electron chi connectivity index (χ1n) is 11.7. The topological polar surface area (TPSA) is 105 Å². The molecule has 1 saturated heterocycles. The third-order valence-electron chi connectivity index (χ3n) is 6.15. The average Bonchev–Trinajstić information content (AvgIpc) is 3.63. The fraction of sp³-hybridized carbons (Fsp3) is 0.440. The number of hydrogen-bond donors (Lipinski definition) is 2. The maximum atomic E-state index is 12.7. The van der Waals surface area contributed by atoms with Gasteiger partial charge in [-0.2, -0.15) is 0 Å². The Balaban J connectivity index is 1.37. The predicted molar refractivity (Wildman–Crippen MR) is 131 cm³/mol. The number of carbonyl (C=O) groups excluding carboxylic acids is 2. The van der Waals surface area contributed by atoms with Crippen LogP contribution in [0.4, 0.5) is 11.4 Å². The van der Waals surface area contributed by atoms with Crippen molar-refractivity contribution in [2.45, 2.75) is 63.0 Å². The molecule has 1 atom stereocenters. The van der Waals surface area contributed by atoms with Crippen LogP contribution in [0.15, 0.2) is 47.4 Å². The molecule has 2 N–H and O–H groups in total. The van der Waals surface area contributed by atoms with E-state index in [1.165, 1.54) is 38.3 Å². The van der Waals surface area contributed by atoms with Crippen molar-refractivity contribution >= 4 is 33.3 Å². The van der Waals surface area contributed by atoms with Crippen molar-refractivity contribution < 1.29 is 22.7 Å². The monoisotopic (exact) mass is 485 g/mol. The number of hydrogen-bond acceptors (Lipinski definition) is 6. The van der Waals surface area contributed by atoms with E-state index in [9.17, 15) is 18.0 Å². The van der Waals surface area contributed by atoms with E-state index < -0.39 is 28.0 Å². The quantitative estimate of drug-likeness (QED) is 0.554. The van der Waals surface area contributed by atoms with Crippen molar-refractivity contribution in [2.24, 2.45) is 0 Å². The first-order valence-corrected chi connectivity index (χ1v) is 13.2. The maximum absolute atomic E-state index is 12.7. The van der Waals surface area contributed by atoms with Gasteiger partial charge in [-0.05, 0) is 87.9 Å². The van der Waals surface area contributed by atoms with Gasteiger partial charge in [0.05, 0.1) is 10.5 Å². The predicted octanol–water partition coefficient (Wildman–Crippen LogP) is 3.61. The lowest BCUT2D eigenvalue weighted by molar-refractivity contribution is -0.123. The molecule has 0 bridgehead atoms. The van der Waals surface area contributed by atoms with Gasteiger partial charge in [0.25, 0.3) is 5.91 Å². The minimum Gasteiger partial charge on any atom is -0.449 e. The maximum Gasteiger partial charge on any atom is 0.339 e. The number of benzene rings is 2. The number of aryl methyl sites for hydroxylation is 1. The zero-order valence-corrected chi connectivity index (χ0v) is 20.4. The molecular weight excluding hydrogens is 454 g/mol. The van der Waals surface area contributed by atoms with Gasteiger partial charge in [-0.3, -0.25) is 4.79 Å². The van der Waals surface area contributed by atoms with Crippen LogP contribution in [0, 0.1) is 6.92 Å². The number of amides is 1. The molecule has 2 aliphatic rings. The Labute approximate surface area is 200 Å². The van der Waals surface area contributed by atoms with Gasteiger partial charge in [0, 0.05) is 30.5 Å². The second kappa shape index (κ2) is 10.1. The van der Waals surface area contributed by atoms with Gasteiger partial charge < -0.3 is 15.0 Å². The fourth-order valence-electron chi connectivity index (χ4n) is 3.91. The van der Waals surface area contributed by atoms with E-state index in [2.05, 4.69) is 14.9 Å². The molecule has 34 heavy (non-hydrogen) atoms. The van der Waals surface area contributed by atoms with Gasteiger partial charge >= 0.3 is 5.97 Å². The summed E-state index contributed by atoms with van der Waals surface area (Å²) in [6.45, 7) is 5.25. The van der Waals surface area contributed by atoms with Crippen molar-refractivity contribution in [1.82, 2.24) is 4.72 Å². The number of rotatable bonds is 8. The SMILES string of the molecule is Cc1ccc(S(=O)(=O)NC2CC2)cc1C(=O)OC(C)C(=O)Nc1ccc(N2CCCCC2)cc1. The van der Waals surface area contributed by atoms with Crippen molar-refractivity contribution in [2.75, 3.05) is 23.3 Å². The Morgan fingerprint density at radius 3 is 2.35 bits per heavy atom. The highest BCUT2D eigenvalue weighted by atomic mass is 32.2. The summed E-state index contributed by atoms with van der Waals surface area (Å²) in [7, 11) is -3.71. The van der Waals surface area contributed by atoms with Crippen LogP contribution in [0.25, 0.3) is 0 Å². The Morgan fingerprint density at radius 2 is 1.71 bits per heavy atom. The summed E-state index contributed by atoms with van der Waals surface area (Å²) in [6, 6.07) is 11.9. The summed E-state index contributed by atoms with van der Waals surface area (Å²) in [5.74, 6) is -1.21.